The van der Waals surface area contributed by atoms with Crippen LogP contribution in [0.3, 0.4) is 0 Å². The first-order valence-corrected chi connectivity index (χ1v) is 7.92. The molecule has 1 heterocycles. The van der Waals surface area contributed by atoms with Crippen molar-refractivity contribution in [2.24, 2.45) is 0 Å². The fourth-order valence-corrected chi connectivity index (χ4v) is 2.80. The number of hydrogen-bond acceptors (Lipinski definition) is 3. The summed E-state index contributed by atoms with van der Waals surface area (Å²) in [5, 5.41) is 0. The Morgan fingerprint density at radius 1 is 1.08 bits per heavy atom. The van der Waals surface area contributed by atoms with Crippen LogP contribution in [0.15, 0.2) is 60.7 Å². The lowest BCUT2D eigenvalue weighted by molar-refractivity contribution is 0.0525. The third-order valence-electron chi connectivity index (χ3n) is 3.96. The molecule has 1 aromatic heterocycles. The van der Waals surface area contributed by atoms with Crippen LogP contribution in [0.4, 0.5) is 5.69 Å². The second kappa shape index (κ2) is 6.62. The number of nitrogens with two attached hydrogens (primary N) is 1. The van der Waals surface area contributed by atoms with E-state index in [0.717, 1.165) is 22.6 Å². The van der Waals surface area contributed by atoms with Crippen molar-refractivity contribution in [3.63, 3.8) is 0 Å². The average Bonchev–Trinajstić information content (AvgIpc) is 2.94. The van der Waals surface area contributed by atoms with E-state index in [1.165, 1.54) is 0 Å². The molecular formula is C20H20N2O2. The molecule has 0 aliphatic heterocycles. The molecule has 3 aromatic rings. The lowest BCUT2D eigenvalue weighted by Gasteiger charge is -2.12. The summed E-state index contributed by atoms with van der Waals surface area (Å²) in [6, 6.07) is 19.5. The summed E-state index contributed by atoms with van der Waals surface area (Å²) in [4.78, 5) is 12.3. The minimum atomic E-state index is -0.304. The van der Waals surface area contributed by atoms with E-state index in [4.69, 9.17) is 10.5 Å². The average molecular weight is 320 g/mol. The largest absolute Gasteiger partial charge is 0.462 e. The molecule has 0 aliphatic rings. The quantitative estimate of drug-likeness (QED) is 0.578. The number of anilines is 1. The Hall–Kier alpha value is -3.01. The first-order valence-electron chi connectivity index (χ1n) is 7.92. The van der Waals surface area contributed by atoms with E-state index in [0.29, 0.717) is 17.9 Å². The fourth-order valence-electron chi connectivity index (χ4n) is 2.80. The van der Waals surface area contributed by atoms with Gasteiger partial charge in [-0.15, -0.1) is 0 Å². The highest BCUT2D eigenvalue weighted by molar-refractivity contribution is 5.93. The number of benzene rings is 2. The molecule has 0 bridgehead atoms. The van der Waals surface area contributed by atoms with Crippen LogP contribution in [0.5, 0.6) is 0 Å². The summed E-state index contributed by atoms with van der Waals surface area (Å²) >= 11 is 0. The number of ether oxygens (including phenoxy) is 1. The zero-order valence-corrected chi connectivity index (χ0v) is 13.8. The number of esters is 1. The standard InChI is InChI=1S/C20H20N2O2/c1-3-24-20(23)18-13-19(15-7-5-4-6-8-15)22(14(18)2)17-11-9-16(21)10-12-17/h4-13H,3,21H2,1-2H3. The Morgan fingerprint density at radius 2 is 1.75 bits per heavy atom. The Bertz CT molecular complexity index is 849. The molecule has 0 saturated carbocycles. The van der Waals surface area contributed by atoms with Gasteiger partial charge in [0.25, 0.3) is 0 Å². The summed E-state index contributed by atoms with van der Waals surface area (Å²) in [6.07, 6.45) is 0. The summed E-state index contributed by atoms with van der Waals surface area (Å²) in [6.45, 7) is 4.09. The number of hydrogen-bond donors (Lipinski definition) is 1. The zero-order chi connectivity index (χ0) is 17.1. The van der Waals surface area contributed by atoms with Gasteiger partial charge in [0.1, 0.15) is 0 Å². The summed E-state index contributed by atoms with van der Waals surface area (Å²) in [5.41, 5.74) is 10.9. The van der Waals surface area contributed by atoms with Crippen molar-refractivity contribution < 1.29 is 9.53 Å². The van der Waals surface area contributed by atoms with E-state index in [1.54, 1.807) is 0 Å². The van der Waals surface area contributed by atoms with Gasteiger partial charge in [0, 0.05) is 17.1 Å². The molecule has 0 amide bonds. The summed E-state index contributed by atoms with van der Waals surface area (Å²) in [7, 11) is 0. The lowest BCUT2D eigenvalue weighted by atomic mass is 10.1. The number of rotatable bonds is 4. The topological polar surface area (TPSA) is 57.2 Å². The minimum Gasteiger partial charge on any atom is -0.462 e. The number of nitrogens with zero attached hydrogens (tertiary/aromatic N) is 1. The third-order valence-corrected chi connectivity index (χ3v) is 3.96. The maximum absolute atomic E-state index is 12.3. The van der Waals surface area contributed by atoms with Gasteiger partial charge in [-0.25, -0.2) is 4.79 Å². The Balaban J connectivity index is 2.21. The van der Waals surface area contributed by atoms with Crippen LogP contribution in [-0.2, 0) is 4.74 Å². The molecular weight excluding hydrogens is 300 g/mol. The fraction of sp³-hybridized carbons (Fsp3) is 0.150. The summed E-state index contributed by atoms with van der Waals surface area (Å²) in [5.74, 6) is -0.304. The van der Waals surface area contributed by atoms with E-state index < -0.39 is 0 Å². The van der Waals surface area contributed by atoms with Crippen LogP contribution < -0.4 is 5.73 Å². The first-order chi connectivity index (χ1) is 11.6. The number of nitrogen functional groups attached to an aromatic ring is 1. The van der Waals surface area contributed by atoms with Crippen LogP contribution in [0.25, 0.3) is 16.9 Å². The maximum Gasteiger partial charge on any atom is 0.339 e. The second-order valence-electron chi connectivity index (χ2n) is 5.54. The van der Waals surface area contributed by atoms with Gasteiger partial charge in [-0.2, -0.15) is 0 Å². The highest BCUT2D eigenvalue weighted by atomic mass is 16.5. The van der Waals surface area contributed by atoms with Crippen LogP contribution in [0, 0.1) is 6.92 Å². The van der Waals surface area contributed by atoms with Crippen LogP contribution in [0.2, 0.25) is 0 Å². The SMILES string of the molecule is CCOC(=O)c1cc(-c2ccccc2)n(-c2ccc(N)cc2)c1C. The Labute approximate surface area is 141 Å². The molecule has 0 aliphatic carbocycles. The molecule has 0 fully saturated rings. The van der Waals surface area contributed by atoms with Crippen LogP contribution in [-0.4, -0.2) is 17.1 Å². The van der Waals surface area contributed by atoms with Gasteiger partial charge >= 0.3 is 5.97 Å². The number of carbonyl (C=O) groups excluding carboxylic acids is 1. The Morgan fingerprint density at radius 3 is 2.38 bits per heavy atom. The predicted molar refractivity (Wildman–Crippen MR) is 96.3 cm³/mol. The van der Waals surface area contributed by atoms with Gasteiger partial charge in [0.05, 0.1) is 17.9 Å². The van der Waals surface area contributed by atoms with E-state index in [1.807, 2.05) is 74.5 Å². The molecule has 0 radical (unpaired) electrons. The first kappa shape index (κ1) is 15.9. The molecule has 0 saturated heterocycles. The van der Waals surface area contributed by atoms with E-state index in [2.05, 4.69) is 4.57 Å². The van der Waals surface area contributed by atoms with Crippen molar-refractivity contribution in [2.45, 2.75) is 13.8 Å². The molecule has 2 aromatic carbocycles. The number of aromatic nitrogens is 1. The smallest absolute Gasteiger partial charge is 0.339 e. The molecule has 4 heteroatoms. The molecule has 3 rings (SSSR count). The van der Waals surface area contributed by atoms with Crippen molar-refractivity contribution in [1.29, 1.82) is 0 Å². The highest BCUT2D eigenvalue weighted by Crippen LogP contribution is 2.30. The van der Waals surface area contributed by atoms with Gasteiger partial charge < -0.3 is 15.0 Å². The van der Waals surface area contributed by atoms with Crippen molar-refractivity contribution >= 4 is 11.7 Å². The normalized spacial score (nSPS) is 10.6. The van der Waals surface area contributed by atoms with Crippen LogP contribution >= 0.6 is 0 Å². The zero-order valence-electron chi connectivity index (χ0n) is 13.8. The van der Waals surface area contributed by atoms with Gasteiger partial charge in [-0.1, -0.05) is 30.3 Å². The monoisotopic (exact) mass is 320 g/mol. The molecule has 4 nitrogen and oxygen atoms in total. The van der Waals surface area contributed by atoms with Crippen molar-refractivity contribution in [1.82, 2.24) is 4.57 Å². The van der Waals surface area contributed by atoms with Gasteiger partial charge in [-0.05, 0) is 49.7 Å². The predicted octanol–water partition coefficient (Wildman–Crippen LogP) is 4.21. The highest BCUT2D eigenvalue weighted by Gasteiger charge is 2.20. The third kappa shape index (κ3) is 2.91. The Kier molecular flexibility index (Phi) is 4.38. The van der Waals surface area contributed by atoms with Crippen molar-refractivity contribution in [3.05, 3.63) is 71.9 Å². The van der Waals surface area contributed by atoms with Crippen molar-refractivity contribution in [3.8, 4) is 16.9 Å². The van der Waals surface area contributed by atoms with E-state index in [-0.39, 0.29) is 5.97 Å². The number of carbonyl (C=O) groups is 1. The van der Waals surface area contributed by atoms with E-state index >= 15 is 0 Å². The molecule has 122 valence electrons. The summed E-state index contributed by atoms with van der Waals surface area (Å²) < 4.78 is 7.25. The lowest BCUT2D eigenvalue weighted by Crippen LogP contribution is -2.07. The van der Waals surface area contributed by atoms with Gasteiger partial charge in [0.2, 0.25) is 0 Å². The molecule has 0 spiro atoms. The second-order valence-corrected chi connectivity index (χ2v) is 5.54. The van der Waals surface area contributed by atoms with Crippen LogP contribution in [0.1, 0.15) is 23.0 Å². The van der Waals surface area contributed by atoms with E-state index in [9.17, 15) is 4.79 Å². The molecule has 24 heavy (non-hydrogen) atoms. The van der Waals surface area contributed by atoms with Gasteiger partial charge in [0.15, 0.2) is 0 Å². The molecule has 0 unspecified atom stereocenters. The minimum absolute atomic E-state index is 0.304. The molecule has 0 atom stereocenters. The maximum atomic E-state index is 12.3. The van der Waals surface area contributed by atoms with Gasteiger partial charge in [-0.3, -0.25) is 0 Å². The van der Waals surface area contributed by atoms with Crippen molar-refractivity contribution in [2.75, 3.05) is 12.3 Å². The molecule has 2 N–H and O–H groups in total.